The minimum absolute atomic E-state index is 0.132. The molecule has 3 rings (SSSR count). The Hall–Kier alpha value is -3.08. The van der Waals surface area contributed by atoms with Gasteiger partial charge in [0.15, 0.2) is 0 Å². The van der Waals surface area contributed by atoms with E-state index in [1.54, 1.807) is 12.1 Å². The molecular weight excluding hydrogens is 280 g/mol. The van der Waals surface area contributed by atoms with Gasteiger partial charge in [0.1, 0.15) is 11.3 Å². The van der Waals surface area contributed by atoms with Gasteiger partial charge in [-0.1, -0.05) is 36.4 Å². The first-order valence-corrected chi connectivity index (χ1v) is 6.75. The molecule has 0 aliphatic carbocycles. The number of hydrogen-bond acceptors (Lipinski definition) is 3. The summed E-state index contributed by atoms with van der Waals surface area (Å²) < 4.78 is 0. The van der Waals surface area contributed by atoms with Crippen LogP contribution in [0.4, 0.5) is 0 Å². The van der Waals surface area contributed by atoms with Crippen LogP contribution in [0.5, 0.6) is 5.75 Å². The van der Waals surface area contributed by atoms with Gasteiger partial charge in [0, 0.05) is 16.7 Å². The summed E-state index contributed by atoms with van der Waals surface area (Å²) in [4.78, 5) is 11.1. The van der Waals surface area contributed by atoms with Gasteiger partial charge in [0.25, 0.3) is 0 Å². The van der Waals surface area contributed by atoms with Gasteiger partial charge in [0.2, 0.25) is 0 Å². The monoisotopic (exact) mass is 294 g/mol. The standard InChI is InChI=1S/C17H14N2O3/c1-10-14(11-6-3-2-4-7-11)18-19-15(10)12-8-5-9-13(16(12)20)17(21)22/h2-9,20H,1H3,(H,18,19)(H,21,22). The van der Waals surface area contributed by atoms with Crippen LogP contribution >= 0.6 is 0 Å². The fraction of sp³-hybridized carbons (Fsp3) is 0.0588. The Morgan fingerprint density at radius 2 is 1.82 bits per heavy atom. The summed E-state index contributed by atoms with van der Waals surface area (Å²) in [5.41, 5.74) is 3.48. The number of carboxylic acid groups (broad SMARTS) is 1. The smallest absolute Gasteiger partial charge is 0.339 e. The Kier molecular flexibility index (Phi) is 3.39. The molecule has 0 radical (unpaired) electrons. The third-order valence-corrected chi connectivity index (χ3v) is 3.59. The molecule has 22 heavy (non-hydrogen) atoms. The van der Waals surface area contributed by atoms with Crippen LogP contribution in [0, 0.1) is 6.92 Å². The van der Waals surface area contributed by atoms with Gasteiger partial charge < -0.3 is 10.2 Å². The fourth-order valence-electron chi connectivity index (χ4n) is 2.46. The van der Waals surface area contributed by atoms with E-state index >= 15 is 0 Å². The van der Waals surface area contributed by atoms with Crippen molar-refractivity contribution >= 4 is 5.97 Å². The molecule has 0 aliphatic rings. The third kappa shape index (κ3) is 2.22. The molecule has 5 heteroatoms. The number of nitrogens with one attached hydrogen (secondary N) is 1. The number of carbonyl (C=O) groups is 1. The number of hydrogen-bond donors (Lipinski definition) is 3. The first kappa shape index (κ1) is 13.9. The van der Waals surface area contributed by atoms with Gasteiger partial charge in [-0.25, -0.2) is 4.79 Å². The maximum Gasteiger partial charge on any atom is 0.339 e. The quantitative estimate of drug-likeness (QED) is 0.690. The van der Waals surface area contributed by atoms with Crippen molar-refractivity contribution in [3.05, 3.63) is 59.7 Å². The lowest BCUT2D eigenvalue weighted by atomic mass is 10.0. The summed E-state index contributed by atoms with van der Waals surface area (Å²) in [5, 5.41) is 26.5. The molecule has 0 bridgehead atoms. The summed E-state index contributed by atoms with van der Waals surface area (Å²) in [6.07, 6.45) is 0. The van der Waals surface area contributed by atoms with Crippen LogP contribution in [0.25, 0.3) is 22.5 Å². The van der Waals surface area contributed by atoms with E-state index in [9.17, 15) is 9.90 Å². The van der Waals surface area contributed by atoms with Crippen LogP contribution in [-0.2, 0) is 0 Å². The van der Waals surface area contributed by atoms with Crippen LogP contribution < -0.4 is 0 Å². The molecule has 0 atom stereocenters. The van der Waals surface area contributed by atoms with E-state index in [1.165, 1.54) is 6.07 Å². The second-order valence-electron chi connectivity index (χ2n) is 4.95. The number of aromatic hydroxyl groups is 1. The molecule has 3 N–H and O–H groups in total. The van der Waals surface area contributed by atoms with Crippen LogP contribution in [0.2, 0.25) is 0 Å². The minimum atomic E-state index is -1.17. The van der Waals surface area contributed by atoms with Crippen molar-refractivity contribution in [1.82, 2.24) is 10.2 Å². The van der Waals surface area contributed by atoms with Gasteiger partial charge in [0.05, 0.1) is 11.4 Å². The molecule has 0 aliphatic heterocycles. The van der Waals surface area contributed by atoms with E-state index in [2.05, 4.69) is 10.2 Å². The van der Waals surface area contributed by atoms with Crippen LogP contribution in [-0.4, -0.2) is 26.4 Å². The molecule has 3 aromatic rings. The number of rotatable bonds is 3. The number of H-pyrrole nitrogens is 1. The number of aromatic nitrogens is 2. The summed E-state index contributed by atoms with van der Waals surface area (Å²) in [6.45, 7) is 1.88. The molecule has 0 spiro atoms. The average molecular weight is 294 g/mol. The number of aromatic carboxylic acids is 1. The highest BCUT2D eigenvalue weighted by Crippen LogP contribution is 2.35. The van der Waals surface area contributed by atoms with Gasteiger partial charge in [-0.05, 0) is 19.1 Å². The molecule has 5 nitrogen and oxygen atoms in total. The average Bonchev–Trinajstić information content (AvgIpc) is 2.90. The van der Waals surface area contributed by atoms with Crippen LogP contribution in [0.1, 0.15) is 15.9 Å². The molecule has 1 heterocycles. The zero-order valence-corrected chi connectivity index (χ0v) is 11.9. The normalized spacial score (nSPS) is 10.6. The Morgan fingerprint density at radius 3 is 2.50 bits per heavy atom. The first-order valence-electron chi connectivity index (χ1n) is 6.75. The predicted octanol–water partition coefficient (Wildman–Crippen LogP) is 3.46. The Bertz CT molecular complexity index is 838. The number of aromatic amines is 1. The maximum absolute atomic E-state index is 11.1. The van der Waals surface area contributed by atoms with Crippen molar-refractivity contribution in [3.63, 3.8) is 0 Å². The minimum Gasteiger partial charge on any atom is -0.506 e. The first-order chi connectivity index (χ1) is 10.6. The molecule has 0 saturated carbocycles. The van der Waals surface area contributed by atoms with Gasteiger partial charge in [-0.2, -0.15) is 5.10 Å². The number of para-hydroxylation sites is 1. The van der Waals surface area contributed by atoms with Crippen LogP contribution in [0.3, 0.4) is 0 Å². The predicted molar refractivity (Wildman–Crippen MR) is 82.8 cm³/mol. The molecule has 2 aromatic carbocycles. The van der Waals surface area contributed by atoms with E-state index in [-0.39, 0.29) is 11.3 Å². The van der Waals surface area contributed by atoms with Crippen molar-refractivity contribution < 1.29 is 15.0 Å². The fourth-order valence-corrected chi connectivity index (χ4v) is 2.46. The summed E-state index contributed by atoms with van der Waals surface area (Å²) in [7, 11) is 0. The van der Waals surface area contributed by atoms with E-state index in [0.29, 0.717) is 11.3 Å². The number of nitrogens with zero attached hydrogens (tertiary/aromatic N) is 1. The molecule has 0 amide bonds. The second-order valence-corrected chi connectivity index (χ2v) is 4.95. The van der Waals surface area contributed by atoms with Crippen LogP contribution in [0.15, 0.2) is 48.5 Å². The molecule has 1 aromatic heterocycles. The lowest BCUT2D eigenvalue weighted by molar-refractivity contribution is 0.0694. The van der Waals surface area contributed by atoms with Crippen molar-refractivity contribution in [3.8, 4) is 28.3 Å². The molecule has 0 fully saturated rings. The zero-order chi connectivity index (χ0) is 15.7. The molecule has 110 valence electrons. The van der Waals surface area contributed by atoms with E-state index in [0.717, 1.165) is 16.8 Å². The van der Waals surface area contributed by atoms with Crippen molar-refractivity contribution in [2.24, 2.45) is 0 Å². The van der Waals surface area contributed by atoms with Crippen molar-refractivity contribution in [2.75, 3.05) is 0 Å². The largest absolute Gasteiger partial charge is 0.506 e. The summed E-state index contributed by atoms with van der Waals surface area (Å²) in [5.74, 6) is -1.43. The Morgan fingerprint density at radius 1 is 1.09 bits per heavy atom. The van der Waals surface area contributed by atoms with Crippen molar-refractivity contribution in [2.45, 2.75) is 6.92 Å². The highest BCUT2D eigenvalue weighted by Gasteiger charge is 2.19. The summed E-state index contributed by atoms with van der Waals surface area (Å²) in [6, 6.07) is 14.3. The maximum atomic E-state index is 11.1. The van der Waals surface area contributed by atoms with E-state index in [1.807, 2.05) is 37.3 Å². The zero-order valence-electron chi connectivity index (χ0n) is 11.9. The number of benzene rings is 2. The molecule has 0 unspecified atom stereocenters. The van der Waals surface area contributed by atoms with Gasteiger partial charge >= 0.3 is 5.97 Å². The third-order valence-electron chi connectivity index (χ3n) is 3.59. The lowest BCUT2D eigenvalue weighted by Crippen LogP contribution is -1.97. The van der Waals surface area contributed by atoms with E-state index < -0.39 is 5.97 Å². The number of carboxylic acids is 1. The van der Waals surface area contributed by atoms with Crippen molar-refractivity contribution in [1.29, 1.82) is 0 Å². The lowest BCUT2D eigenvalue weighted by Gasteiger charge is -2.06. The topological polar surface area (TPSA) is 86.2 Å². The Balaban J connectivity index is 2.14. The van der Waals surface area contributed by atoms with Gasteiger partial charge in [-0.15, -0.1) is 0 Å². The molecule has 0 saturated heterocycles. The highest BCUT2D eigenvalue weighted by molar-refractivity contribution is 5.94. The SMILES string of the molecule is Cc1c(-c2ccccc2)n[nH]c1-c1cccc(C(=O)O)c1O. The summed E-state index contributed by atoms with van der Waals surface area (Å²) >= 11 is 0. The highest BCUT2D eigenvalue weighted by atomic mass is 16.4. The van der Waals surface area contributed by atoms with Gasteiger partial charge in [-0.3, -0.25) is 5.10 Å². The van der Waals surface area contributed by atoms with E-state index in [4.69, 9.17) is 5.11 Å². The Labute approximate surface area is 126 Å². The number of phenols is 1. The second kappa shape index (κ2) is 5.37. The molecular formula is C17H14N2O3.